The zero-order valence-corrected chi connectivity index (χ0v) is 20.5. The number of benzene rings is 2. The highest BCUT2D eigenvalue weighted by Gasteiger charge is 2.28. The number of nitrogens with zero attached hydrogens (tertiary/aromatic N) is 2. The summed E-state index contributed by atoms with van der Waals surface area (Å²) in [5, 5.41) is 11.3. The number of rotatable bonds is 6. The molecule has 0 unspecified atom stereocenters. The third-order valence-electron chi connectivity index (χ3n) is 4.90. The van der Waals surface area contributed by atoms with Gasteiger partial charge < -0.3 is 10.6 Å². The zero-order valence-electron chi connectivity index (χ0n) is 18.1. The zero-order chi connectivity index (χ0) is 24.5. The minimum Gasteiger partial charge on any atom is -0.388 e. The molecule has 3 N–H and O–H groups in total. The molecule has 34 heavy (non-hydrogen) atoms. The molecule has 0 bridgehead atoms. The second-order valence-corrected chi connectivity index (χ2v) is 11.0. The minimum absolute atomic E-state index is 0.0370. The normalized spacial score (nSPS) is 13.6. The van der Waals surface area contributed by atoms with E-state index < -0.39 is 16.1 Å². The van der Waals surface area contributed by atoms with Crippen molar-refractivity contribution in [1.29, 1.82) is 0 Å². The molecule has 1 aliphatic heterocycles. The van der Waals surface area contributed by atoms with Gasteiger partial charge in [-0.3, -0.25) is 4.79 Å². The van der Waals surface area contributed by atoms with Crippen LogP contribution in [0.4, 0.5) is 21.9 Å². The molecule has 2 heterocycles. The number of hydrogen-bond acceptors (Lipinski definition) is 7. The van der Waals surface area contributed by atoms with Crippen LogP contribution >= 0.6 is 22.9 Å². The fourth-order valence-electron chi connectivity index (χ4n) is 3.27. The topological polar surface area (TPSA) is 120 Å². The number of amides is 3. The Morgan fingerprint density at radius 1 is 1.12 bits per heavy atom. The van der Waals surface area contributed by atoms with Gasteiger partial charge in [0.1, 0.15) is 4.21 Å². The number of hydrazone groups is 1. The molecule has 12 heteroatoms. The number of aryl methyl sites for hydroxylation is 1. The SMILES string of the molecule is CNc1cccc(C2=NN(c3ccc(NC(=O)NS(=O)(=O)c4ccc(C)s4)cc3Cl)C(=O)C2)c1. The summed E-state index contributed by atoms with van der Waals surface area (Å²) in [5.74, 6) is -0.248. The maximum Gasteiger partial charge on any atom is 0.333 e. The Labute approximate surface area is 205 Å². The first-order valence-electron chi connectivity index (χ1n) is 10.0. The molecular weight excluding hydrogens is 498 g/mol. The molecule has 1 aromatic heterocycles. The summed E-state index contributed by atoms with van der Waals surface area (Å²) in [6.45, 7) is 1.77. The molecule has 0 saturated carbocycles. The van der Waals surface area contributed by atoms with Crippen molar-refractivity contribution in [1.82, 2.24) is 4.72 Å². The molecule has 4 rings (SSSR count). The lowest BCUT2D eigenvalue weighted by Gasteiger charge is -2.15. The summed E-state index contributed by atoms with van der Waals surface area (Å²) in [6, 6.07) is 14.1. The van der Waals surface area contributed by atoms with Crippen LogP contribution < -0.4 is 20.4 Å². The fraction of sp³-hybridized carbons (Fsp3) is 0.136. The average Bonchev–Trinajstić information content (AvgIpc) is 3.40. The summed E-state index contributed by atoms with van der Waals surface area (Å²) in [6.07, 6.45) is 0.117. The first kappa shape index (κ1) is 23.7. The van der Waals surface area contributed by atoms with Gasteiger partial charge in [0.05, 0.1) is 22.8 Å². The molecule has 3 aromatic rings. The van der Waals surface area contributed by atoms with E-state index in [0.717, 1.165) is 27.5 Å². The van der Waals surface area contributed by atoms with Gasteiger partial charge >= 0.3 is 6.03 Å². The number of halogens is 1. The third kappa shape index (κ3) is 5.06. The smallest absolute Gasteiger partial charge is 0.333 e. The van der Waals surface area contributed by atoms with Gasteiger partial charge in [0.15, 0.2) is 0 Å². The number of sulfonamides is 1. The van der Waals surface area contributed by atoms with Crippen molar-refractivity contribution in [2.24, 2.45) is 5.10 Å². The molecule has 0 fully saturated rings. The number of hydrogen-bond donors (Lipinski definition) is 3. The lowest BCUT2D eigenvalue weighted by molar-refractivity contribution is -0.116. The van der Waals surface area contributed by atoms with E-state index in [-0.39, 0.29) is 27.2 Å². The van der Waals surface area contributed by atoms with Crippen LogP contribution in [0.5, 0.6) is 0 Å². The van der Waals surface area contributed by atoms with Crippen LogP contribution in [0.2, 0.25) is 5.02 Å². The van der Waals surface area contributed by atoms with Crippen molar-refractivity contribution in [3.8, 4) is 0 Å². The van der Waals surface area contributed by atoms with E-state index >= 15 is 0 Å². The summed E-state index contributed by atoms with van der Waals surface area (Å²) in [7, 11) is -2.18. The maximum atomic E-state index is 12.6. The molecule has 0 radical (unpaired) electrons. The quantitative estimate of drug-likeness (QED) is 0.447. The highest BCUT2D eigenvalue weighted by Crippen LogP contribution is 2.32. The number of carbonyl (C=O) groups excluding carboxylic acids is 2. The van der Waals surface area contributed by atoms with Crippen LogP contribution in [-0.4, -0.2) is 33.1 Å². The Bertz CT molecular complexity index is 1420. The first-order valence-corrected chi connectivity index (χ1v) is 12.7. The van der Waals surface area contributed by atoms with E-state index in [9.17, 15) is 18.0 Å². The van der Waals surface area contributed by atoms with E-state index in [2.05, 4.69) is 15.7 Å². The van der Waals surface area contributed by atoms with Gasteiger partial charge in [-0.15, -0.1) is 11.3 Å². The Morgan fingerprint density at radius 2 is 1.91 bits per heavy atom. The second-order valence-electron chi connectivity index (χ2n) is 7.35. The van der Waals surface area contributed by atoms with Crippen LogP contribution in [0.3, 0.4) is 0 Å². The third-order valence-corrected chi connectivity index (χ3v) is 8.03. The standard InChI is InChI=1S/C22H20ClN5O4S2/c1-13-6-9-21(33-13)34(31,32)27-22(30)25-16-7-8-19(17(23)11-16)28-20(29)12-18(26-28)14-4-3-5-15(10-14)24-2/h3-11,24H,12H2,1-2H3,(H2,25,27,30). The van der Waals surface area contributed by atoms with Gasteiger partial charge in [-0.2, -0.15) is 10.1 Å². The number of nitrogens with one attached hydrogen (secondary N) is 3. The van der Waals surface area contributed by atoms with Crippen molar-refractivity contribution in [3.63, 3.8) is 0 Å². The molecular formula is C22H20ClN5O4S2. The second kappa shape index (κ2) is 9.45. The molecule has 0 saturated heterocycles. The van der Waals surface area contributed by atoms with Crippen molar-refractivity contribution >= 4 is 67.7 Å². The molecule has 1 aliphatic rings. The molecule has 0 aliphatic carbocycles. The Morgan fingerprint density at radius 3 is 2.59 bits per heavy atom. The van der Waals surface area contributed by atoms with Crippen molar-refractivity contribution in [2.45, 2.75) is 17.6 Å². The van der Waals surface area contributed by atoms with Gasteiger partial charge in [0.25, 0.3) is 15.9 Å². The van der Waals surface area contributed by atoms with E-state index in [1.54, 1.807) is 20.0 Å². The Balaban J connectivity index is 1.49. The molecule has 2 aromatic carbocycles. The van der Waals surface area contributed by atoms with Crippen molar-refractivity contribution in [2.75, 3.05) is 22.7 Å². The lowest BCUT2D eigenvalue weighted by atomic mass is 10.1. The largest absolute Gasteiger partial charge is 0.388 e. The molecule has 176 valence electrons. The number of urea groups is 1. The summed E-state index contributed by atoms with van der Waals surface area (Å²) in [5.41, 5.74) is 2.92. The lowest BCUT2D eigenvalue weighted by Crippen LogP contribution is -2.34. The van der Waals surface area contributed by atoms with Gasteiger partial charge in [-0.1, -0.05) is 23.7 Å². The molecule has 9 nitrogen and oxygen atoms in total. The fourth-order valence-corrected chi connectivity index (χ4v) is 5.73. The van der Waals surface area contributed by atoms with E-state index in [1.807, 2.05) is 29.0 Å². The number of anilines is 3. The Hall–Kier alpha value is -3.41. The van der Waals surface area contributed by atoms with E-state index in [0.29, 0.717) is 11.4 Å². The van der Waals surface area contributed by atoms with Crippen LogP contribution in [0.15, 0.2) is 63.9 Å². The summed E-state index contributed by atoms with van der Waals surface area (Å²) in [4.78, 5) is 25.7. The van der Waals surface area contributed by atoms with Crippen molar-refractivity contribution < 1.29 is 18.0 Å². The van der Waals surface area contributed by atoms with Gasteiger partial charge in [0, 0.05) is 28.9 Å². The van der Waals surface area contributed by atoms with Gasteiger partial charge in [-0.05, 0) is 49.4 Å². The number of carbonyl (C=O) groups is 2. The maximum absolute atomic E-state index is 12.6. The van der Waals surface area contributed by atoms with E-state index in [1.165, 1.54) is 29.3 Å². The average molecular weight is 518 g/mol. The number of thiophene rings is 1. The summed E-state index contributed by atoms with van der Waals surface area (Å²) < 4.78 is 26.6. The van der Waals surface area contributed by atoms with Crippen LogP contribution in [0, 0.1) is 6.92 Å². The molecule has 0 spiro atoms. The van der Waals surface area contributed by atoms with Crippen LogP contribution in [-0.2, 0) is 14.8 Å². The first-order chi connectivity index (χ1) is 16.2. The van der Waals surface area contributed by atoms with Crippen LogP contribution in [0.1, 0.15) is 16.9 Å². The van der Waals surface area contributed by atoms with Gasteiger partial charge in [-0.25, -0.2) is 17.9 Å². The highest BCUT2D eigenvalue weighted by molar-refractivity contribution is 7.92. The predicted octanol–water partition coefficient (Wildman–Crippen LogP) is 4.40. The van der Waals surface area contributed by atoms with Crippen molar-refractivity contribution in [3.05, 3.63) is 70.1 Å². The van der Waals surface area contributed by atoms with Crippen LogP contribution in [0.25, 0.3) is 0 Å². The van der Waals surface area contributed by atoms with E-state index in [4.69, 9.17) is 11.6 Å². The monoisotopic (exact) mass is 517 g/mol. The summed E-state index contributed by atoms with van der Waals surface area (Å²) >= 11 is 7.43. The minimum atomic E-state index is -3.99. The predicted molar refractivity (Wildman–Crippen MR) is 134 cm³/mol. The Kier molecular flexibility index (Phi) is 6.60. The molecule has 3 amide bonds. The van der Waals surface area contributed by atoms with Gasteiger partial charge in [0.2, 0.25) is 0 Å². The molecule has 0 atom stereocenters. The highest BCUT2D eigenvalue weighted by atomic mass is 35.5.